The molecule has 0 N–H and O–H groups in total. The molecule has 0 aliphatic rings. The van der Waals surface area contributed by atoms with Crippen molar-refractivity contribution in [3.8, 4) is 6.07 Å². The van der Waals surface area contributed by atoms with Gasteiger partial charge in [0.25, 0.3) is 0 Å². The standard InChI is InChI=1S/C19H16N2/c1-2-21-11-5-8-19(21)13-18(14-20)17-10-9-15-6-3-4-7-16(15)12-17/h3-13H,2H2,1H3. The summed E-state index contributed by atoms with van der Waals surface area (Å²) in [6.07, 6.45) is 3.98. The Hall–Kier alpha value is -2.79. The molecule has 3 rings (SSSR count). The molecular formula is C19H16N2. The van der Waals surface area contributed by atoms with Crippen molar-refractivity contribution in [3.63, 3.8) is 0 Å². The minimum Gasteiger partial charge on any atom is -0.348 e. The van der Waals surface area contributed by atoms with Crippen LogP contribution in [0.3, 0.4) is 0 Å². The Labute approximate surface area is 124 Å². The summed E-state index contributed by atoms with van der Waals surface area (Å²) in [5.74, 6) is 0. The van der Waals surface area contributed by atoms with E-state index in [9.17, 15) is 5.26 Å². The summed E-state index contributed by atoms with van der Waals surface area (Å²) in [5.41, 5.74) is 2.71. The second-order valence-corrected chi connectivity index (χ2v) is 4.95. The van der Waals surface area contributed by atoms with Gasteiger partial charge in [-0.1, -0.05) is 36.4 Å². The Bertz CT molecular complexity index is 847. The molecule has 0 saturated heterocycles. The maximum absolute atomic E-state index is 9.49. The number of nitriles is 1. The van der Waals surface area contributed by atoms with Crippen molar-refractivity contribution in [1.29, 1.82) is 5.26 Å². The zero-order chi connectivity index (χ0) is 14.7. The summed E-state index contributed by atoms with van der Waals surface area (Å²) in [5, 5.41) is 11.8. The summed E-state index contributed by atoms with van der Waals surface area (Å²) >= 11 is 0. The maximum atomic E-state index is 9.49. The Kier molecular flexibility index (Phi) is 3.57. The SMILES string of the molecule is CCn1cccc1C=C(C#N)c1ccc2ccccc2c1. The van der Waals surface area contributed by atoms with Crippen molar-refractivity contribution in [3.05, 3.63) is 72.1 Å². The van der Waals surface area contributed by atoms with Gasteiger partial charge in [-0.15, -0.1) is 0 Å². The predicted octanol–water partition coefficient (Wildman–Crippen LogP) is 4.73. The van der Waals surface area contributed by atoms with Gasteiger partial charge in [0.05, 0.1) is 11.6 Å². The number of hydrogen-bond donors (Lipinski definition) is 0. The highest BCUT2D eigenvalue weighted by molar-refractivity contribution is 5.93. The third-order valence-corrected chi connectivity index (χ3v) is 3.68. The minimum atomic E-state index is 0.689. The lowest BCUT2D eigenvalue weighted by atomic mass is 10.0. The molecule has 0 bridgehead atoms. The van der Waals surface area contributed by atoms with Crippen LogP contribution in [0, 0.1) is 11.3 Å². The average Bonchev–Trinajstić information content (AvgIpc) is 2.99. The number of nitrogens with zero attached hydrogens (tertiary/aromatic N) is 2. The van der Waals surface area contributed by atoms with Gasteiger partial charge in [-0.3, -0.25) is 0 Å². The van der Waals surface area contributed by atoms with Crippen LogP contribution in [0.2, 0.25) is 0 Å². The quantitative estimate of drug-likeness (QED) is 0.634. The minimum absolute atomic E-state index is 0.689. The molecule has 0 unspecified atom stereocenters. The monoisotopic (exact) mass is 272 g/mol. The van der Waals surface area contributed by atoms with E-state index >= 15 is 0 Å². The molecule has 0 spiro atoms. The zero-order valence-corrected chi connectivity index (χ0v) is 12.0. The normalized spacial score (nSPS) is 11.5. The first-order valence-electron chi connectivity index (χ1n) is 7.08. The van der Waals surface area contributed by atoms with Crippen LogP contribution in [0.25, 0.3) is 22.4 Å². The fourth-order valence-corrected chi connectivity index (χ4v) is 2.53. The van der Waals surface area contributed by atoms with Gasteiger partial charge in [0, 0.05) is 18.4 Å². The Balaban J connectivity index is 2.08. The number of aromatic nitrogens is 1. The van der Waals surface area contributed by atoms with Crippen LogP contribution in [-0.2, 0) is 6.54 Å². The van der Waals surface area contributed by atoms with Crippen LogP contribution in [0.15, 0.2) is 60.8 Å². The van der Waals surface area contributed by atoms with Crippen molar-refractivity contribution in [2.45, 2.75) is 13.5 Å². The zero-order valence-electron chi connectivity index (χ0n) is 12.0. The van der Waals surface area contributed by atoms with Crippen molar-refractivity contribution < 1.29 is 0 Å². The predicted molar refractivity (Wildman–Crippen MR) is 87.5 cm³/mol. The molecule has 2 nitrogen and oxygen atoms in total. The molecule has 0 aliphatic heterocycles. The average molecular weight is 272 g/mol. The first-order valence-corrected chi connectivity index (χ1v) is 7.08. The summed E-state index contributed by atoms with van der Waals surface area (Å²) in [4.78, 5) is 0. The molecule has 0 radical (unpaired) electrons. The molecule has 0 aliphatic carbocycles. The van der Waals surface area contributed by atoms with E-state index in [4.69, 9.17) is 0 Å². The Morgan fingerprint density at radius 2 is 1.90 bits per heavy atom. The molecule has 3 aromatic rings. The maximum Gasteiger partial charge on any atom is 0.0998 e. The molecule has 21 heavy (non-hydrogen) atoms. The molecule has 2 heteroatoms. The molecule has 0 amide bonds. The van der Waals surface area contributed by atoms with Crippen LogP contribution in [0.5, 0.6) is 0 Å². The number of allylic oxidation sites excluding steroid dienone is 1. The van der Waals surface area contributed by atoms with E-state index in [2.05, 4.69) is 41.8 Å². The third kappa shape index (κ3) is 2.59. The van der Waals surface area contributed by atoms with Crippen LogP contribution in [0.1, 0.15) is 18.2 Å². The topological polar surface area (TPSA) is 28.7 Å². The molecular weight excluding hydrogens is 256 g/mol. The second-order valence-electron chi connectivity index (χ2n) is 4.95. The van der Waals surface area contributed by atoms with Crippen LogP contribution >= 0.6 is 0 Å². The largest absolute Gasteiger partial charge is 0.348 e. The number of rotatable bonds is 3. The van der Waals surface area contributed by atoms with Gasteiger partial charge >= 0.3 is 0 Å². The molecule has 0 atom stereocenters. The summed E-state index contributed by atoms with van der Waals surface area (Å²) in [6.45, 7) is 2.99. The van der Waals surface area contributed by atoms with Crippen molar-refractivity contribution in [1.82, 2.24) is 4.57 Å². The van der Waals surface area contributed by atoms with Crippen molar-refractivity contribution in [2.75, 3.05) is 0 Å². The van der Waals surface area contributed by atoms with Crippen molar-refractivity contribution in [2.24, 2.45) is 0 Å². The fraction of sp³-hybridized carbons (Fsp3) is 0.105. The molecule has 0 fully saturated rings. The van der Waals surface area contributed by atoms with Gasteiger partial charge in [-0.25, -0.2) is 0 Å². The smallest absolute Gasteiger partial charge is 0.0998 e. The summed E-state index contributed by atoms with van der Waals surface area (Å²) in [7, 11) is 0. The lowest BCUT2D eigenvalue weighted by Gasteiger charge is -2.05. The lowest BCUT2D eigenvalue weighted by Crippen LogP contribution is -1.94. The number of fused-ring (bicyclic) bond motifs is 1. The van der Waals surface area contributed by atoms with Gasteiger partial charge in [0.1, 0.15) is 0 Å². The Morgan fingerprint density at radius 1 is 1.10 bits per heavy atom. The number of benzene rings is 2. The van der Waals surface area contributed by atoms with E-state index in [1.54, 1.807) is 0 Å². The van der Waals surface area contributed by atoms with Gasteiger partial charge in [0.15, 0.2) is 0 Å². The van der Waals surface area contributed by atoms with Crippen LogP contribution < -0.4 is 0 Å². The highest BCUT2D eigenvalue weighted by Crippen LogP contribution is 2.23. The third-order valence-electron chi connectivity index (χ3n) is 3.68. The summed E-state index contributed by atoms with van der Waals surface area (Å²) in [6, 6.07) is 20.7. The molecule has 2 aromatic carbocycles. The number of aryl methyl sites for hydroxylation is 1. The fourth-order valence-electron chi connectivity index (χ4n) is 2.53. The van der Waals surface area contributed by atoms with Crippen molar-refractivity contribution >= 4 is 22.4 Å². The lowest BCUT2D eigenvalue weighted by molar-refractivity contribution is 0.762. The van der Waals surface area contributed by atoms with Gasteiger partial charge in [-0.2, -0.15) is 5.26 Å². The molecule has 1 aromatic heterocycles. The van der Waals surface area contributed by atoms with Gasteiger partial charge in [-0.05, 0) is 47.5 Å². The highest BCUT2D eigenvalue weighted by Gasteiger charge is 2.04. The van der Waals surface area contributed by atoms with E-state index < -0.39 is 0 Å². The first kappa shape index (κ1) is 13.2. The van der Waals surface area contributed by atoms with Crippen LogP contribution in [-0.4, -0.2) is 4.57 Å². The summed E-state index contributed by atoms with van der Waals surface area (Å²) < 4.78 is 2.12. The molecule has 102 valence electrons. The first-order chi connectivity index (χ1) is 10.3. The highest BCUT2D eigenvalue weighted by atomic mass is 14.9. The molecule has 0 saturated carbocycles. The van der Waals surface area contributed by atoms with E-state index in [1.165, 1.54) is 5.39 Å². The second kappa shape index (κ2) is 5.68. The van der Waals surface area contributed by atoms with E-state index in [0.717, 1.165) is 23.2 Å². The van der Waals surface area contributed by atoms with Crippen LogP contribution in [0.4, 0.5) is 0 Å². The number of hydrogen-bond acceptors (Lipinski definition) is 1. The molecule has 1 heterocycles. The Morgan fingerprint density at radius 3 is 2.67 bits per heavy atom. The van der Waals surface area contributed by atoms with E-state index in [1.807, 2.05) is 42.6 Å². The van der Waals surface area contributed by atoms with E-state index in [0.29, 0.717) is 5.57 Å². The van der Waals surface area contributed by atoms with E-state index in [-0.39, 0.29) is 0 Å². The van der Waals surface area contributed by atoms with Gasteiger partial charge < -0.3 is 4.57 Å². The van der Waals surface area contributed by atoms with Gasteiger partial charge in [0.2, 0.25) is 0 Å².